The Kier molecular flexibility index (Phi) is 26.5. The van der Waals surface area contributed by atoms with Crippen molar-refractivity contribution in [2.45, 2.75) is 161 Å². The molecule has 2 radical (unpaired) electrons. The van der Waals surface area contributed by atoms with Crippen molar-refractivity contribution in [3.8, 4) is 0 Å². The lowest BCUT2D eigenvalue weighted by atomic mass is 9.97. The van der Waals surface area contributed by atoms with Gasteiger partial charge in [-0.3, -0.25) is 0 Å². The van der Waals surface area contributed by atoms with Gasteiger partial charge in [-0.15, -0.1) is 0 Å². The fourth-order valence-corrected chi connectivity index (χ4v) is 4.37. The van der Waals surface area contributed by atoms with Crippen LogP contribution in [0.25, 0.3) is 0 Å². The van der Waals surface area contributed by atoms with E-state index in [0.717, 1.165) is 18.8 Å². The SMILES string of the molecule is [CH2]CCCCCCCCCCCCCCCCCC=CCCCC(C)CCCC[CH2]. The third-order valence-electron chi connectivity index (χ3n) is 6.55. The van der Waals surface area contributed by atoms with Gasteiger partial charge in [0.05, 0.1) is 0 Å². The highest BCUT2D eigenvalue weighted by Gasteiger charge is 2.00. The molecule has 0 saturated carbocycles. The van der Waals surface area contributed by atoms with Gasteiger partial charge in [0.25, 0.3) is 0 Å². The maximum absolute atomic E-state index is 3.93. The summed E-state index contributed by atoms with van der Waals surface area (Å²) >= 11 is 0. The summed E-state index contributed by atoms with van der Waals surface area (Å²) in [5, 5.41) is 0. The third-order valence-corrected chi connectivity index (χ3v) is 6.55. The van der Waals surface area contributed by atoms with Gasteiger partial charge in [-0.2, -0.15) is 0 Å². The number of hydrogen-bond donors (Lipinski definition) is 0. The first-order chi connectivity index (χ1) is 14.8. The number of hydrogen-bond acceptors (Lipinski definition) is 0. The van der Waals surface area contributed by atoms with Gasteiger partial charge in [-0.1, -0.05) is 161 Å². The molecule has 0 rings (SSSR count). The van der Waals surface area contributed by atoms with E-state index in [4.69, 9.17) is 0 Å². The zero-order chi connectivity index (χ0) is 22.0. The summed E-state index contributed by atoms with van der Waals surface area (Å²) < 4.78 is 0. The third kappa shape index (κ3) is 25.8. The zero-order valence-corrected chi connectivity index (χ0v) is 21.1. The van der Waals surface area contributed by atoms with Gasteiger partial charge in [0.15, 0.2) is 0 Å². The van der Waals surface area contributed by atoms with E-state index in [1.165, 1.54) is 141 Å². The summed E-state index contributed by atoms with van der Waals surface area (Å²) in [5.74, 6) is 0.906. The summed E-state index contributed by atoms with van der Waals surface area (Å²) in [6.07, 6.45) is 38.2. The Morgan fingerprint density at radius 2 is 0.767 bits per heavy atom. The minimum Gasteiger partial charge on any atom is -0.0885 e. The standard InChI is InChI=1S/C30H58/c1-4-6-8-9-10-11-12-13-14-15-16-17-18-19-20-21-22-23-24-25-27-29-30(3)28-26-7-5-2/h23-24,30H,1-2,4-22,25-29H2,3H3. The molecule has 0 fully saturated rings. The molecule has 0 nitrogen and oxygen atoms in total. The smallest absolute Gasteiger partial charge is 0.0351 e. The van der Waals surface area contributed by atoms with Crippen LogP contribution in [0.2, 0.25) is 0 Å². The molecule has 0 spiro atoms. The summed E-state index contributed by atoms with van der Waals surface area (Å²) in [6.45, 7) is 10.3. The van der Waals surface area contributed by atoms with Crippen molar-refractivity contribution < 1.29 is 0 Å². The molecule has 0 saturated heterocycles. The Labute approximate surface area is 193 Å². The van der Waals surface area contributed by atoms with E-state index in [1.54, 1.807) is 0 Å². The van der Waals surface area contributed by atoms with Crippen LogP contribution in [-0.2, 0) is 0 Å². The van der Waals surface area contributed by atoms with Crippen molar-refractivity contribution in [2.24, 2.45) is 5.92 Å². The van der Waals surface area contributed by atoms with Crippen LogP contribution in [0.5, 0.6) is 0 Å². The van der Waals surface area contributed by atoms with Crippen molar-refractivity contribution in [1.82, 2.24) is 0 Å². The van der Waals surface area contributed by atoms with E-state index < -0.39 is 0 Å². The van der Waals surface area contributed by atoms with Gasteiger partial charge in [0, 0.05) is 0 Å². The summed E-state index contributed by atoms with van der Waals surface area (Å²) in [5.41, 5.74) is 0. The van der Waals surface area contributed by atoms with Crippen molar-refractivity contribution in [2.75, 3.05) is 0 Å². The molecule has 0 aliphatic carbocycles. The van der Waals surface area contributed by atoms with Crippen molar-refractivity contribution >= 4 is 0 Å². The first-order valence-electron chi connectivity index (χ1n) is 14.0. The zero-order valence-electron chi connectivity index (χ0n) is 21.1. The molecule has 0 heteroatoms. The maximum atomic E-state index is 3.93. The Morgan fingerprint density at radius 3 is 1.23 bits per heavy atom. The van der Waals surface area contributed by atoms with Gasteiger partial charge >= 0.3 is 0 Å². The minimum absolute atomic E-state index is 0.906. The Hall–Kier alpha value is -0.260. The molecule has 0 N–H and O–H groups in total. The number of unbranched alkanes of at least 4 members (excludes halogenated alkanes) is 19. The maximum Gasteiger partial charge on any atom is -0.0351 e. The highest BCUT2D eigenvalue weighted by molar-refractivity contribution is 4.81. The van der Waals surface area contributed by atoms with Gasteiger partial charge in [0.2, 0.25) is 0 Å². The lowest BCUT2D eigenvalue weighted by Crippen LogP contribution is -1.94. The number of rotatable bonds is 25. The number of allylic oxidation sites excluding steroid dienone is 2. The quantitative estimate of drug-likeness (QED) is 0.102. The van der Waals surface area contributed by atoms with Gasteiger partial charge < -0.3 is 0 Å². The average molecular weight is 419 g/mol. The van der Waals surface area contributed by atoms with Gasteiger partial charge in [-0.05, 0) is 31.6 Å². The second-order valence-electron chi connectivity index (χ2n) is 9.80. The minimum atomic E-state index is 0.906. The largest absolute Gasteiger partial charge is 0.0885 e. The Bertz CT molecular complexity index is 316. The van der Waals surface area contributed by atoms with E-state index >= 15 is 0 Å². The first-order valence-corrected chi connectivity index (χ1v) is 14.0. The fourth-order valence-electron chi connectivity index (χ4n) is 4.37. The second kappa shape index (κ2) is 26.8. The lowest BCUT2D eigenvalue weighted by Gasteiger charge is -2.09. The molecule has 178 valence electrons. The van der Waals surface area contributed by atoms with Crippen molar-refractivity contribution in [3.05, 3.63) is 26.0 Å². The fraction of sp³-hybridized carbons (Fsp3) is 0.867. The van der Waals surface area contributed by atoms with Crippen LogP contribution in [0, 0.1) is 19.8 Å². The van der Waals surface area contributed by atoms with Crippen LogP contribution in [0.15, 0.2) is 12.2 Å². The summed E-state index contributed by atoms with van der Waals surface area (Å²) in [6, 6.07) is 0. The molecular formula is C30H58. The Morgan fingerprint density at radius 1 is 0.433 bits per heavy atom. The summed E-state index contributed by atoms with van der Waals surface area (Å²) in [7, 11) is 0. The topological polar surface area (TPSA) is 0 Å². The van der Waals surface area contributed by atoms with E-state index in [-0.39, 0.29) is 0 Å². The normalized spacial score (nSPS) is 12.8. The Balaban J connectivity index is 3.13. The van der Waals surface area contributed by atoms with Crippen LogP contribution < -0.4 is 0 Å². The molecule has 0 aromatic rings. The molecule has 0 aliphatic rings. The van der Waals surface area contributed by atoms with Crippen LogP contribution in [0.1, 0.15) is 161 Å². The van der Waals surface area contributed by atoms with Crippen molar-refractivity contribution in [1.29, 1.82) is 0 Å². The van der Waals surface area contributed by atoms with Crippen LogP contribution >= 0.6 is 0 Å². The first kappa shape index (κ1) is 29.7. The highest BCUT2D eigenvalue weighted by Crippen LogP contribution is 2.17. The molecule has 1 unspecified atom stereocenters. The predicted octanol–water partition coefficient (Wildman–Crippen LogP) is 11.2. The molecule has 0 aromatic heterocycles. The molecule has 1 atom stereocenters. The molecule has 30 heavy (non-hydrogen) atoms. The lowest BCUT2D eigenvalue weighted by molar-refractivity contribution is 0.454. The second-order valence-corrected chi connectivity index (χ2v) is 9.80. The predicted molar refractivity (Wildman–Crippen MR) is 140 cm³/mol. The van der Waals surface area contributed by atoms with Crippen molar-refractivity contribution in [3.63, 3.8) is 0 Å². The van der Waals surface area contributed by atoms with E-state index in [9.17, 15) is 0 Å². The average Bonchev–Trinajstić information content (AvgIpc) is 2.75. The van der Waals surface area contributed by atoms with Gasteiger partial charge in [0.1, 0.15) is 0 Å². The van der Waals surface area contributed by atoms with Crippen LogP contribution in [-0.4, -0.2) is 0 Å². The molecule has 0 amide bonds. The summed E-state index contributed by atoms with van der Waals surface area (Å²) in [4.78, 5) is 0. The van der Waals surface area contributed by atoms with E-state index in [1.807, 2.05) is 0 Å². The monoisotopic (exact) mass is 418 g/mol. The molecular weight excluding hydrogens is 360 g/mol. The van der Waals surface area contributed by atoms with E-state index in [2.05, 4.69) is 32.9 Å². The molecule has 0 heterocycles. The molecule has 0 aromatic carbocycles. The van der Waals surface area contributed by atoms with E-state index in [0.29, 0.717) is 0 Å². The van der Waals surface area contributed by atoms with Gasteiger partial charge in [-0.25, -0.2) is 0 Å². The highest BCUT2D eigenvalue weighted by atomic mass is 14.1. The van der Waals surface area contributed by atoms with Crippen LogP contribution in [0.4, 0.5) is 0 Å². The molecule has 0 aliphatic heterocycles. The molecule has 0 bridgehead atoms. The van der Waals surface area contributed by atoms with Crippen LogP contribution in [0.3, 0.4) is 0 Å².